The highest BCUT2D eigenvalue weighted by molar-refractivity contribution is 7.15. The molecule has 0 aliphatic heterocycles. The van der Waals surface area contributed by atoms with Crippen LogP contribution in [0.4, 0.5) is 5.13 Å². The fourth-order valence-electron chi connectivity index (χ4n) is 6.35. The van der Waals surface area contributed by atoms with E-state index in [2.05, 4.69) is 18.2 Å². The Morgan fingerprint density at radius 1 is 1.32 bits per heavy atom. The van der Waals surface area contributed by atoms with Crippen LogP contribution in [0.2, 0.25) is 0 Å². The van der Waals surface area contributed by atoms with Crippen LogP contribution in [0, 0.1) is 29.1 Å². The quantitative estimate of drug-likeness (QED) is 0.444. The first-order chi connectivity index (χ1) is 18.0. The van der Waals surface area contributed by atoms with Gasteiger partial charge in [-0.2, -0.15) is 0 Å². The fraction of sp³-hybridized carbons (Fsp3) is 0.552. The molecule has 1 aromatic carbocycles. The predicted molar refractivity (Wildman–Crippen MR) is 147 cm³/mol. The molecule has 0 bridgehead atoms. The van der Waals surface area contributed by atoms with Gasteiger partial charge in [-0.05, 0) is 48.3 Å². The second kappa shape index (κ2) is 11.0. The van der Waals surface area contributed by atoms with Gasteiger partial charge >= 0.3 is 0 Å². The normalized spacial score (nSPS) is 28.0. The van der Waals surface area contributed by atoms with E-state index >= 15 is 0 Å². The number of methoxy groups -OCH3 is 1. The fourth-order valence-corrected chi connectivity index (χ4v) is 7.43. The highest BCUT2D eigenvalue weighted by atomic mass is 32.1. The van der Waals surface area contributed by atoms with Gasteiger partial charge in [0, 0.05) is 29.7 Å². The number of amides is 2. The smallest absolute Gasteiger partial charge is 0.230 e. The van der Waals surface area contributed by atoms with Gasteiger partial charge < -0.3 is 25.2 Å². The zero-order valence-corrected chi connectivity index (χ0v) is 23.3. The van der Waals surface area contributed by atoms with E-state index in [9.17, 15) is 19.8 Å². The third kappa shape index (κ3) is 5.18. The molecule has 0 unspecified atom stereocenters. The maximum absolute atomic E-state index is 13.2. The molecule has 1 aromatic heterocycles. The van der Waals surface area contributed by atoms with Crippen LogP contribution in [0.1, 0.15) is 55.2 Å². The summed E-state index contributed by atoms with van der Waals surface area (Å²) in [6.45, 7) is 4.16. The molecule has 1 heterocycles. The van der Waals surface area contributed by atoms with Gasteiger partial charge in [-0.1, -0.05) is 31.9 Å². The molecule has 0 radical (unpaired) electrons. The van der Waals surface area contributed by atoms with Crippen LogP contribution in [-0.2, 0) is 22.4 Å². The lowest BCUT2D eigenvalue weighted by atomic mass is 9.47. The van der Waals surface area contributed by atoms with Gasteiger partial charge in [0.2, 0.25) is 11.8 Å². The number of aliphatic hydroxyl groups excluding tert-OH is 2. The Labute approximate surface area is 228 Å². The first kappa shape index (κ1) is 28.1. The number of thiazole rings is 1. The molecule has 38 heavy (non-hydrogen) atoms. The standard InChI is InChI=1S/C29H37N3O5S/c1-6-13-32(4)25(36)15-20-26-21(16-22-28(20,2)12-11-23(34)29(22,3)17-33)38-27(31-26)30-24(35)14-18-7-9-19(37-5)10-8-18/h1,7-10,20,22-23,33-34H,11-17H2,2-5H3,(H,30,31,35)/t20-,22+,23-,28+,29+/m1/s1. The lowest BCUT2D eigenvalue weighted by molar-refractivity contribution is -0.146. The van der Waals surface area contributed by atoms with Gasteiger partial charge in [-0.15, -0.1) is 17.8 Å². The summed E-state index contributed by atoms with van der Waals surface area (Å²) in [7, 11) is 3.29. The molecule has 1 fully saturated rings. The molecule has 2 amide bonds. The van der Waals surface area contributed by atoms with Crippen LogP contribution in [0.25, 0.3) is 0 Å². The molecule has 3 N–H and O–H groups in total. The number of nitrogens with one attached hydrogen (secondary N) is 1. The lowest BCUT2D eigenvalue weighted by Gasteiger charge is -2.58. The SMILES string of the molecule is C#CCN(C)C(=O)C[C@@H]1c2nc(NC(=O)Cc3ccc(OC)cc3)sc2C[C@@H]2[C@](C)(CO)[C@H](O)CC[C@]21C. The maximum atomic E-state index is 13.2. The number of rotatable bonds is 8. The van der Waals surface area contributed by atoms with E-state index in [0.29, 0.717) is 24.4 Å². The van der Waals surface area contributed by atoms with Crippen LogP contribution in [0.5, 0.6) is 5.75 Å². The molecule has 4 rings (SSSR count). The monoisotopic (exact) mass is 539 g/mol. The number of anilines is 1. The van der Waals surface area contributed by atoms with Crippen LogP contribution in [-0.4, -0.2) is 65.3 Å². The van der Waals surface area contributed by atoms with Crippen molar-refractivity contribution < 1.29 is 24.5 Å². The molecule has 9 heteroatoms. The molecule has 5 atom stereocenters. The summed E-state index contributed by atoms with van der Waals surface area (Å²) in [5.41, 5.74) is 0.608. The number of ether oxygens (including phenoxy) is 1. The number of terminal acetylenes is 1. The summed E-state index contributed by atoms with van der Waals surface area (Å²) < 4.78 is 5.18. The van der Waals surface area contributed by atoms with Gasteiger partial charge in [-0.25, -0.2) is 4.98 Å². The summed E-state index contributed by atoms with van der Waals surface area (Å²) >= 11 is 1.41. The Hall–Kier alpha value is -2.93. The van der Waals surface area contributed by atoms with Crippen molar-refractivity contribution in [1.82, 2.24) is 9.88 Å². The van der Waals surface area contributed by atoms with Crippen molar-refractivity contribution in [2.75, 3.05) is 32.6 Å². The Kier molecular flexibility index (Phi) is 8.17. The molecule has 2 aliphatic carbocycles. The predicted octanol–water partition coefficient (Wildman–Crippen LogP) is 3.23. The van der Waals surface area contributed by atoms with Crippen LogP contribution in [0.15, 0.2) is 24.3 Å². The van der Waals surface area contributed by atoms with E-state index in [1.54, 1.807) is 19.1 Å². The maximum Gasteiger partial charge on any atom is 0.230 e. The minimum Gasteiger partial charge on any atom is -0.497 e. The zero-order valence-electron chi connectivity index (χ0n) is 22.5. The molecule has 204 valence electrons. The molecule has 8 nitrogen and oxygen atoms in total. The Bertz CT molecular complexity index is 1220. The zero-order chi connectivity index (χ0) is 27.7. The van der Waals surface area contributed by atoms with Gasteiger partial charge in [-0.3, -0.25) is 9.59 Å². The molecule has 0 saturated heterocycles. The number of carbonyl (C=O) groups is 2. The average Bonchev–Trinajstić information content (AvgIpc) is 3.29. The lowest BCUT2D eigenvalue weighted by Crippen LogP contribution is -2.57. The minimum atomic E-state index is -0.710. The molecule has 2 aromatic rings. The number of hydrogen-bond donors (Lipinski definition) is 3. The van der Waals surface area contributed by atoms with Gasteiger partial charge in [0.15, 0.2) is 5.13 Å². The van der Waals surface area contributed by atoms with Crippen molar-refractivity contribution in [2.24, 2.45) is 16.7 Å². The second-order valence-electron chi connectivity index (χ2n) is 11.1. The molecular weight excluding hydrogens is 502 g/mol. The first-order valence-electron chi connectivity index (χ1n) is 12.9. The number of benzene rings is 1. The molecule has 0 spiro atoms. The van der Waals surface area contributed by atoms with Gasteiger partial charge in [0.1, 0.15) is 5.75 Å². The highest BCUT2D eigenvalue weighted by Gasteiger charge is 2.59. The van der Waals surface area contributed by atoms with Gasteiger partial charge in [0.05, 0.1) is 38.5 Å². The summed E-state index contributed by atoms with van der Waals surface area (Å²) in [5, 5.41) is 24.8. The van der Waals surface area contributed by atoms with Crippen molar-refractivity contribution in [1.29, 1.82) is 0 Å². The summed E-state index contributed by atoms with van der Waals surface area (Å²) in [6.07, 6.45) is 7.10. The number of aliphatic hydroxyl groups is 2. The van der Waals surface area contributed by atoms with E-state index in [0.717, 1.165) is 21.9 Å². The third-order valence-electron chi connectivity index (χ3n) is 8.80. The largest absolute Gasteiger partial charge is 0.497 e. The first-order valence-corrected chi connectivity index (χ1v) is 13.8. The number of hydrogen-bond acceptors (Lipinski definition) is 7. The van der Waals surface area contributed by atoms with E-state index < -0.39 is 11.5 Å². The minimum absolute atomic E-state index is 0.0599. The molecule has 1 saturated carbocycles. The number of fused-ring (bicyclic) bond motifs is 2. The van der Waals surface area contributed by atoms with E-state index in [1.165, 1.54) is 11.3 Å². The van der Waals surface area contributed by atoms with Crippen molar-refractivity contribution in [3.05, 3.63) is 40.4 Å². The number of aromatic nitrogens is 1. The van der Waals surface area contributed by atoms with Crippen molar-refractivity contribution in [3.63, 3.8) is 0 Å². The highest BCUT2D eigenvalue weighted by Crippen LogP contribution is 2.62. The Balaban J connectivity index is 1.64. The van der Waals surface area contributed by atoms with Crippen molar-refractivity contribution in [2.45, 2.75) is 58.0 Å². The van der Waals surface area contributed by atoms with Gasteiger partial charge in [0.25, 0.3) is 0 Å². The molecule has 2 aliphatic rings. The summed E-state index contributed by atoms with van der Waals surface area (Å²) in [6, 6.07) is 7.34. The van der Waals surface area contributed by atoms with Crippen molar-refractivity contribution >= 4 is 28.3 Å². The van der Waals surface area contributed by atoms with Crippen LogP contribution in [0.3, 0.4) is 0 Å². The number of nitrogens with zero attached hydrogens (tertiary/aromatic N) is 2. The van der Waals surface area contributed by atoms with Crippen LogP contribution < -0.4 is 10.1 Å². The average molecular weight is 540 g/mol. The summed E-state index contributed by atoms with van der Waals surface area (Å²) in [5.74, 6) is 2.71. The topological polar surface area (TPSA) is 112 Å². The third-order valence-corrected chi connectivity index (χ3v) is 9.81. The molecular formula is C29H37N3O5S. The van der Waals surface area contributed by atoms with Crippen LogP contribution >= 0.6 is 11.3 Å². The Morgan fingerprint density at radius 2 is 2.03 bits per heavy atom. The summed E-state index contributed by atoms with van der Waals surface area (Å²) in [4.78, 5) is 33.4. The van der Waals surface area contributed by atoms with Crippen molar-refractivity contribution in [3.8, 4) is 18.1 Å². The van der Waals surface area contributed by atoms with E-state index in [1.807, 2.05) is 31.2 Å². The number of carbonyl (C=O) groups excluding carboxylic acids is 2. The van der Waals surface area contributed by atoms with E-state index in [4.69, 9.17) is 16.1 Å². The second-order valence-corrected chi connectivity index (χ2v) is 12.2. The van der Waals surface area contributed by atoms with E-state index in [-0.39, 0.29) is 55.1 Å². The Morgan fingerprint density at radius 3 is 2.66 bits per heavy atom.